The van der Waals surface area contributed by atoms with Gasteiger partial charge in [-0.2, -0.15) is 0 Å². The van der Waals surface area contributed by atoms with E-state index in [1.54, 1.807) is 24.5 Å². The van der Waals surface area contributed by atoms with Crippen LogP contribution in [0.2, 0.25) is 0 Å². The summed E-state index contributed by atoms with van der Waals surface area (Å²) < 4.78 is 0. The minimum Gasteiger partial charge on any atom is -0.502 e. The molecule has 2 heterocycles. The molecule has 0 aliphatic heterocycles. The molecule has 0 radical (unpaired) electrons. The number of benzene rings is 1. The topological polar surface area (TPSA) is 92.4 Å². The number of nitrogens with zero attached hydrogens (tertiary/aromatic N) is 4. The fourth-order valence-corrected chi connectivity index (χ4v) is 2.70. The van der Waals surface area contributed by atoms with Gasteiger partial charge in [0.2, 0.25) is 0 Å². The third-order valence-corrected chi connectivity index (χ3v) is 3.91. The summed E-state index contributed by atoms with van der Waals surface area (Å²) >= 11 is 0. The van der Waals surface area contributed by atoms with Crippen LogP contribution in [0.5, 0.6) is 5.75 Å². The van der Waals surface area contributed by atoms with Gasteiger partial charge in [0.25, 0.3) is 0 Å². The summed E-state index contributed by atoms with van der Waals surface area (Å²) in [5.74, 6) is -0.301. The molecular weight excluding hydrogens is 332 g/mol. The van der Waals surface area contributed by atoms with Crippen molar-refractivity contribution in [3.05, 3.63) is 94.1 Å². The molecule has 26 heavy (non-hydrogen) atoms. The summed E-state index contributed by atoms with van der Waals surface area (Å²) in [6, 6.07) is 15.9. The Bertz CT molecular complexity index is 831. The summed E-state index contributed by atoms with van der Waals surface area (Å²) in [4.78, 5) is 21.2. The van der Waals surface area contributed by atoms with E-state index in [0.29, 0.717) is 25.2 Å². The quantitative estimate of drug-likeness (QED) is 0.519. The molecule has 2 aromatic heterocycles. The number of nitro benzene ring substituents is 1. The zero-order valence-electron chi connectivity index (χ0n) is 14.0. The summed E-state index contributed by atoms with van der Waals surface area (Å²) in [6.07, 6.45) is 3.44. The van der Waals surface area contributed by atoms with Gasteiger partial charge in [0, 0.05) is 43.7 Å². The van der Waals surface area contributed by atoms with Gasteiger partial charge in [0.15, 0.2) is 5.75 Å². The lowest BCUT2D eigenvalue weighted by Crippen LogP contribution is -2.23. The number of hydrogen-bond acceptors (Lipinski definition) is 6. The van der Waals surface area contributed by atoms with Crippen molar-refractivity contribution < 1.29 is 10.0 Å². The average molecular weight is 350 g/mol. The lowest BCUT2D eigenvalue weighted by molar-refractivity contribution is -0.385. The van der Waals surface area contributed by atoms with Crippen LogP contribution in [0.3, 0.4) is 0 Å². The van der Waals surface area contributed by atoms with Crippen molar-refractivity contribution in [1.82, 2.24) is 14.9 Å². The van der Waals surface area contributed by atoms with Gasteiger partial charge in [0.1, 0.15) is 0 Å². The second kappa shape index (κ2) is 8.17. The number of aromatic hydroxyl groups is 1. The normalized spacial score (nSPS) is 10.8. The molecular formula is C19H18N4O3. The molecule has 7 nitrogen and oxygen atoms in total. The highest BCUT2D eigenvalue weighted by atomic mass is 16.6. The van der Waals surface area contributed by atoms with Gasteiger partial charge in [-0.15, -0.1) is 0 Å². The Morgan fingerprint density at radius 3 is 2.00 bits per heavy atom. The molecule has 0 spiro atoms. The first-order valence-electron chi connectivity index (χ1n) is 8.11. The summed E-state index contributed by atoms with van der Waals surface area (Å²) in [5, 5.41) is 21.3. The van der Waals surface area contributed by atoms with Crippen LogP contribution in [0.4, 0.5) is 5.69 Å². The fraction of sp³-hybridized carbons (Fsp3) is 0.158. The molecule has 0 aliphatic rings. The predicted octanol–water partition coefficient (Wildman–Crippen LogP) is 3.29. The number of phenols is 1. The van der Waals surface area contributed by atoms with Crippen LogP contribution in [0.25, 0.3) is 0 Å². The van der Waals surface area contributed by atoms with Crippen molar-refractivity contribution in [3.63, 3.8) is 0 Å². The third-order valence-electron chi connectivity index (χ3n) is 3.91. The highest BCUT2D eigenvalue weighted by Crippen LogP contribution is 2.30. The van der Waals surface area contributed by atoms with E-state index in [-0.39, 0.29) is 11.4 Å². The van der Waals surface area contributed by atoms with Gasteiger partial charge < -0.3 is 5.11 Å². The van der Waals surface area contributed by atoms with Crippen molar-refractivity contribution in [1.29, 1.82) is 0 Å². The number of rotatable bonds is 7. The van der Waals surface area contributed by atoms with Crippen molar-refractivity contribution in [2.24, 2.45) is 0 Å². The standard InChI is InChI=1S/C19H18N4O3/c24-19-15(6-5-9-18(19)23(25)26)12-22(13-16-7-1-3-10-20-16)14-17-8-2-4-11-21-17/h1-11,24H,12-14H2. The molecule has 1 aromatic carbocycles. The van der Waals surface area contributed by atoms with Crippen LogP contribution >= 0.6 is 0 Å². The SMILES string of the molecule is O=[N+]([O-])c1cccc(CN(Cc2ccccn2)Cc2ccccn2)c1O. The molecule has 0 saturated heterocycles. The number of phenolic OH excluding ortho intramolecular Hbond substituents is 1. The Morgan fingerprint density at radius 1 is 0.885 bits per heavy atom. The van der Waals surface area contributed by atoms with Crippen LogP contribution in [0.15, 0.2) is 67.0 Å². The van der Waals surface area contributed by atoms with Crippen LogP contribution < -0.4 is 0 Å². The van der Waals surface area contributed by atoms with Gasteiger partial charge in [-0.05, 0) is 24.3 Å². The number of nitro groups is 1. The minimum atomic E-state index is -0.583. The molecule has 7 heteroatoms. The van der Waals surface area contributed by atoms with E-state index in [2.05, 4.69) is 9.97 Å². The van der Waals surface area contributed by atoms with Crippen molar-refractivity contribution in [2.75, 3.05) is 0 Å². The maximum atomic E-state index is 11.1. The molecule has 0 bridgehead atoms. The Labute approximate surface area is 150 Å². The van der Waals surface area contributed by atoms with Gasteiger partial charge in [0.05, 0.1) is 16.3 Å². The zero-order valence-corrected chi connectivity index (χ0v) is 14.0. The van der Waals surface area contributed by atoms with Crippen molar-refractivity contribution >= 4 is 5.69 Å². The molecule has 132 valence electrons. The number of para-hydroxylation sites is 1. The number of hydrogen-bond donors (Lipinski definition) is 1. The smallest absolute Gasteiger partial charge is 0.311 e. The number of aromatic nitrogens is 2. The lowest BCUT2D eigenvalue weighted by Gasteiger charge is -2.22. The predicted molar refractivity (Wildman–Crippen MR) is 96.2 cm³/mol. The zero-order chi connectivity index (χ0) is 18.4. The molecule has 0 saturated carbocycles. The molecule has 3 aromatic rings. The molecule has 0 amide bonds. The highest BCUT2D eigenvalue weighted by Gasteiger charge is 2.19. The van der Waals surface area contributed by atoms with Crippen LogP contribution in [0.1, 0.15) is 17.0 Å². The second-order valence-electron chi connectivity index (χ2n) is 5.83. The molecule has 0 unspecified atom stereocenters. The van der Waals surface area contributed by atoms with Crippen LogP contribution in [-0.2, 0) is 19.6 Å². The van der Waals surface area contributed by atoms with E-state index in [4.69, 9.17) is 0 Å². The largest absolute Gasteiger partial charge is 0.502 e. The van der Waals surface area contributed by atoms with E-state index in [0.717, 1.165) is 11.4 Å². The summed E-state index contributed by atoms with van der Waals surface area (Å²) in [7, 11) is 0. The van der Waals surface area contributed by atoms with Gasteiger partial charge in [-0.1, -0.05) is 24.3 Å². The van der Waals surface area contributed by atoms with E-state index < -0.39 is 4.92 Å². The molecule has 0 atom stereocenters. The van der Waals surface area contributed by atoms with E-state index in [9.17, 15) is 15.2 Å². The maximum Gasteiger partial charge on any atom is 0.311 e. The lowest BCUT2D eigenvalue weighted by atomic mass is 10.1. The van der Waals surface area contributed by atoms with E-state index in [1.807, 2.05) is 41.3 Å². The van der Waals surface area contributed by atoms with Crippen molar-refractivity contribution in [2.45, 2.75) is 19.6 Å². The summed E-state index contributed by atoms with van der Waals surface area (Å²) in [5.41, 5.74) is 1.94. The molecule has 3 rings (SSSR count). The third kappa shape index (κ3) is 4.40. The Balaban J connectivity index is 1.86. The first-order chi connectivity index (χ1) is 12.6. The monoisotopic (exact) mass is 350 g/mol. The Hall–Kier alpha value is -3.32. The van der Waals surface area contributed by atoms with Gasteiger partial charge in [-0.25, -0.2) is 0 Å². The van der Waals surface area contributed by atoms with Crippen molar-refractivity contribution in [3.8, 4) is 5.75 Å². The van der Waals surface area contributed by atoms with Gasteiger partial charge in [-0.3, -0.25) is 25.0 Å². The maximum absolute atomic E-state index is 11.1. The van der Waals surface area contributed by atoms with E-state index >= 15 is 0 Å². The average Bonchev–Trinajstić information content (AvgIpc) is 2.65. The molecule has 0 fully saturated rings. The van der Waals surface area contributed by atoms with Crippen LogP contribution in [0, 0.1) is 10.1 Å². The Kier molecular flexibility index (Phi) is 5.50. The van der Waals surface area contributed by atoms with Gasteiger partial charge >= 0.3 is 5.69 Å². The molecule has 0 aliphatic carbocycles. The Morgan fingerprint density at radius 2 is 1.50 bits per heavy atom. The summed E-state index contributed by atoms with van der Waals surface area (Å²) in [6.45, 7) is 1.39. The highest BCUT2D eigenvalue weighted by molar-refractivity contribution is 5.50. The fourth-order valence-electron chi connectivity index (χ4n) is 2.70. The van der Waals surface area contributed by atoms with Crippen LogP contribution in [-0.4, -0.2) is 24.9 Å². The van der Waals surface area contributed by atoms with E-state index in [1.165, 1.54) is 6.07 Å². The molecule has 1 N–H and O–H groups in total. The minimum absolute atomic E-state index is 0.293. The number of pyridine rings is 2. The first-order valence-corrected chi connectivity index (χ1v) is 8.11. The first kappa shape index (κ1) is 17.5. The second-order valence-corrected chi connectivity index (χ2v) is 5.83.